The van der Waals surface area contributed by atoms with Crippen LogP contribution in [0.15, 0.2) is 24.3 Å². The first-order valence-electron chi connectivity index (χ1n) is 13.0. The molecule has 204 valence electrons. The number of benzene rings is 1. The summed E-state index contributed by atoms with van der Waals surface area (Å²) in [7, 11) is 0. The molecule has 0 saturated heterocycles. The van der Waals surface area contributed by atoms with Gasteiger partial charge >= 0.3 is 6.09 Å². The Morgan fingerprint density at radius 3 is 2.17 bits per heavy atom. The zero-order valence-corrected chi connectivity index (χ0v) is 23.6. The minimum Gasteiger partial charge on any atom is -0.508 e. The lowest BCUT2D eigenvalue weighted by Gasteiger charge is -2.37. The quantitative estimate of drug-likeness (QED) is 0.353. The number of nitrogens with one attached hydrogen (secondary N) is 2. The number of aromatic hydroxyl groups is 1. The summed E-state index contributed by atoms with van der Waals surface area (Å²) in [4.78, 5) is 41.8. The van der Waals surface area contributed by atoms with Crippen molar-refractivity contribution in [1.29, 1.82) is 0 Å². The van der Waals surface area contributed by atoms with E-state index in [1.807, 2.05) is 34.6 Å². The first-order valence-corrected chi connectivity index (χ1v) is 13.0. The molecule has 0 aliphatic carbocycles. The first-order chi connectivity index (χ1) is 16.6. The molecular weight excluding hydrogens is 458 g/mol. The highest BCUT2D eigenvalue weighted by atomic mass is 16.6. The van der Waals surface area contributed by atoms with Gasteiger partial charge in [-0.15, -0.1) is 0 Å². The number of unbranched alkanes of at least 4 members (excludes halogenated alkanes) is 3. The van der Waals surface area contributed by atoms with E-state index in [0.717, 1.165) is 19.3 Å². The summed E-state index contributed by atoms with van der Waals surface area (Å²) >= 11 is 0. The van der Waals surface area contributed by atoms with Crippen molar-refractivity contribution >= 4 is 17.9 Å². The molecule has 2 atom stereocenters. The number of nitrogens with zero attached hydrogens (tertiary/aromatic N) is 1. The van der Waals surface area contributed by atoms with Crippen LogP contribution in [0.25, 0.3) is 0 Å². The molecule has 0 fully saturated rings. The summed E-state index contributed by atoms with van der Waals surface area (Å²) in [5.41, 5.74) is -0.749. The molecule has 3 N–H and O–H groups in total. The van der Waals surface area contributed by atoms with Gasteiger partial charge in [0.1, 0.15) is 23.4 Å². The van der Waals surface area contributed by atoms with Crippen LogP contribution < -0.4 is 10.6 Å². The van der Waals surface area contributed by atoms with Gasteiger partial charge in [0.2, 0.25) is 11.8 Å². The Morgan fingerprint density at radius 1 is 1.03 bits per heavy atom. The molecule has 0 aromatic heterocycles. The molecule has 0 saturated carbocycles. The SMILES string of the molecule is CCCCCCN(C(=O)C(NC(=O)OC(C)(C)C)C(C)C)C(C(=O)NC(C)(C)C)c1cccc(O)c1. The van der Waals surface area contributed by atoms with Crippen molar-refractivity contribution in [2.45, 2.75) is 111 Å². The molecule has 1 aromatic carbocycles. The fourth-order valence-corrected chi connectivity index (χ4v) is 3.81. The van der Waals surface area contributed by atoms with E-state index in [1.165, 1.54) is 17.0 Å². The Kier molecular flexibility index (Phi) is 11.7. The van der Waals surface area contributed by atoms with Crippen LogP contribution in [0, 0.1) is 5.92 Å². The van der Waals surface area contributed by atoms with Crippen molar-refractivity contribution in [2.75, 3.05) is 6.54 Å². The third kappa shape index (κ3) is 10.9. The molecule has 8 nitrogen and oxygen atoms in total. The Labute approximate surface area is 217 Å². The lowest BCUT2D eigenvalue weighted by molar-refractivity contribution is -0.144. The maximum atomic E-state index is 14.0. The molecular formula is C28H47N3O5. The van der Waals surface area contributed by atoms with E-state index in [1.54, 1.807) is 32.9 Å². The third-order valence-corrected chi connectivity index (χ3v) is 5.38. The van der Waals surface area contributed by atoms with Gasteiger partial charge in [0.15, 0.2) is 0 Å². The van der Waals surface area contributed by atoms with Crippen LogP contribution in [-0.2, 0) is 14.3 Å². The van der Waals surface area contributed by atoms with Gasteiger partial charge in [-0.05, 0) is 71.6 Å². The maximum absolute atomic E-state index is 14.0. The lowest BCUT2D eigenvalue weighted by atomic mass is 9.97. The van der Waals surface area contributed by atoms with Gasteiger partial charge in [-0.1, -0.05) is 52.2 Å². The fraction of sp³-hybridized carbons (Fsp3) is 0.679. The van der Waals surface area contributed by atoms with Crippen LogP contribution in [0.5, 0.6) is 5.75 Å². The highest BCUT2D eigenvalue weighted by Gasteiger charge is 2.38. The van der Waals surface area contributed by atoms with Gasteiger partial charge in [0, 0.05) is 12.1 Å². The highest BCUT2D eigenvalue weighted by Crippen LogP contribution is 2.27. The second kappa shape index (κ2) is 13.5. The Morgan fingerprint density at radius 2 is 1.67 bits per heavy atom. The second-order valence-electron chi connectivity index (χ2n) is 11.7. The van der Waals surface area contributed by atoms with Gasteiger partial charge in [-0.25, -0.2) is 4.79 Å². The third-order valence-electron chi connectivity index (χ3n) is 5.38. The lowest BCUT2D eigenvalue weighted by Crippen LogP contribution is -2.56. The Hall–Kier alpha value is -2.77. The van der Waals surface area contributed by atoms with Gasteiger partial charge in [0.25, 0.3) is 0 Å². The van der Waals surface area contributed by atoms with Gasteiger partial charge in [-0.2, -0.15) is 0 Å². The normalized spacial score (nSPS) is 13.6. The van der Waals surface area contributed by atoms with Crippen LogP contribution >= 0.6 is 0 Å². The smallest absolute Gasteiger partial charge is 0.408 e. The second-order valence-corrected chi connectivity index (χ2v) is 11.7. The van der Waals surface area contributed by atoms with Crippen molar-refractivity contribution in [3.8, 4) is 5.75 Å². The maximum Gasteiger partial charge on any atom is 0.408 e. The molecule has 0 bridgehead atoms. The van der Waals surface area contributed by atoms with Crippen LogP contribution in [-0.4, -0.2) is 51.6 Å². The molecule has 0 spiro atoms. The molecule has 0 aliphatic rings. The highest BCUT2D eigenvalue weighted by molar-refractivity contribution is 5.92. The van der Waals surface area contributed by atoms with E-state index >= 15 is 0 Å². The number of hydrogen-bond donors (Lipinski definition) is 3. The van der Waals surface area contributed by atoms with Crippen molar-refractivity contribution in [1.82, 2.24) is 15.5 Å². The van der Waals surface area contributed by atoms with Crippen LogP contribution in [0.4, 0.5) is 4.79 Å². The number of rotatable bonds is 11. The molecule has 3 amide bonds. The van der Waals surface area contributed by atoms with Gasteiger partial charge < -0.3 is 25.4 Å². The molecule has 8 heteroatoms. The Balaban J connectivity index is 3.49. The average molecular weight is 506 g/mol. The molecule has 1 aromatic rings. The van der Waals surface area contributed by atoms with E-state index < -0.39 is 29.3 Å². The molecule has 0 radical (unpaired) electrons. The van der Waals surface area contributed by atoms with E-state index in [-0.39, 0.29) is 23.5 Å². The molecule has 2 unspecified atom stereocenters. The molecule has 36 heavy (non-hydrogen) atoms. The summed E-state index contributed by atoms with van der Waals surface area (Å²) in [6.07, 6.45) is 2.96. The zero-order valence-electron chi connectivity index (χ0n) is 23.6. The van der Waals surface area contributed by atoms with Crippen molar-refractivity contribution in [3.63, 3.8) is 0 Å². The van der Waals surface area contributed by atoms with Crippen LogP contribution in [0.2, 0.25) is 0 Å². The summed E-state index contributed by atoms with van der Waals surface area (Å²) in [6, 6.07) is 4.53. The summed E-state index contributed by atoms with van der Waals surface area (Å²) < 4.78 is 5.40. The summed E-state index contributed by atoms with van der Waals surface area (Å²) in [6.45, 7) is 17.0. The first kappa shape index (κ1) is 31.3. The van der Waals surface area contributed by atoms with Gasteiger partial charge in [0.05, 0.1) is 0 Å². The summed E-state index contributed by atoms with van der Waals surface area (Å²) in [5.74, 6) is -0.966. The van der Waals surface area contributed by atoms with E-state index in [4.69, 9.17) is 4.74 Å². The topological polar surface area (TPSA) is 108 Å². The van der Waals surface area contributed by atoms with E-state index in [0.29, 0.717) is 18.5 Å². The number of amides is 3. The number of carbonyl (C=O) groups excluding carboxylic acids is 3. The Bertz CT molecular complexity index is 871. The monoisotopic (exact) mass is 505 g/mol. The van der Waals surface area contributed by atoms with Gasteiger partial charge in [-0.3, -0.25) is 9.59 Å². The van der Waals surface area contributed by atoms with Crippen molar-refractivity contribution in [3.05, 3.63) is 29.8 Å². The minimum absolute atomic E-state index is 0.00623. The average Bonchev–Trinajstić information content (AvgIpc) is 2.71. The standard InChI is InChI=1S/C28H47N3O5/c1-10-11-12-13-17-31(25(34)22(19(2)3)29-26(35)36-28(7,8)9)23(24(33)30-27(4,5)6)20-15-14-16-21(32)18-20/h14-16,18-19,22-23,32H,10-13,17H2,1-9H3,(H,29,35)(H,30,33). The number of alkyl carbamates (subject to hydrolysis) is 1. The van der Waals surface area contributed by atoms with Crippen molar-refractivity contribution < 1.29 is 24.2 Å². The number of phenolic OH excluding ortho intramolecular Hbond substituents is 1. The molecule has 1 rings (SSSR count). The summed E-state index contributed by atoms with van der Waals surface area (Å²) in [5, 5.41) is 15.9. The van der Waals surface area contributed by atoms with Crippen LogP contribution in [0.1, 0.15) is 99.6 Å². The van der Waals surface area contributed by atoms with E-state index in [9.17, 15) is 19.5 Å². The zero-order chi connectivity index (χ0) is 27.7. The largest absolute Gasteiger partial charge is 0.508 e. The van der Waals surface area contributed by atoms with Crippen LogP contribution in [0.3, 0.4) is 0 Å². The number of hydrogen-bond acceptors (Lipinski definition) is 5. The number of phenols is 1. The predicted octanol–water partition coefficient (Wildman–Crippen LogP) is 5.31. The minimum atomic E-state index is -0.980. The number of ether oxygens (including phenoxy) is 1. The fourth-order valence-electron chi connectivity index (χ4n) is 3.81. The molecule has 0 heterocycles. The predicted molar refractivity (Wildman–Crippen MR) is 143 cm³/mol. The molecule has 0 aliphatic heterocycles. The number of carbonyl (C=O) groups is 3. The van der Waals surface area contributed by atoms with E-state index in [2.05, 4.69) is 17.6 Å². The van der Waals surface area contributed by atoms with Crippen molar-refractivity contribution in [2.24, 2.45) is 5.92 Å².